The first-order chi connectivity index (χ1) is 13.9. The smallest absolute Gasteiger partial charge is 0.213 e. The number of rotatable bonds is 6. The number of nitrogens with zero attached hydrogens (tertiary/aromatic N) is 2. The molecule has 29 heavy (non-hydrogen) atoms. The Labute approximate surface area is 170 Å². The van der Waals surface area contributed by atoms with Crippen molar-refractivity contribution in [3.63, 3.8) is 0 Å². The summed E-state index contributed by atoms with van der Waals surface area (Å²) >= 11 is 0. The molecule has 0 bridgehead atoms. The van der Waals surface area contributed by atoms with E-state index in [0.717, 1.165) is 28.7 Å². The van der Waals surface area contributed by atoms with Crippen molar-refractivity contribution in [1.29, 1.82) is 0 Å². The number of halogens is 1. The van der Waals surface area contributed by atoms with Crippen LogP contribution in [0.25, 0.3) is 11.0 Å². The van der Waals surface area contributed by atoms with Crippen LogP contribution in [0.2, 0.25) is 0 Å². The molecule has 1 aliphatic heterocycles. The van der Waals surface area contributed by atoms with Crippen LogP contribution in [-0.4, -0.2) is 41.3 Å². The lowest BCUT2D eigenvalue weighted by molar-refractivity contribution is 0.0598. The minimum Gasteiger partial charge on any atom is -0.476 e. The van der Waals surface area contributed by atoms with E-state index in [2.05, 4.69) is 22.9 Å². The molecule has 0 aliphatic carbocycles. The van der Waals surface area contributed by atoms with E-state index in [-0.39, 0.29) is 12.1 Å². The minimum absolute atomic E-state index is 0.164. The second-order valence-electron chi connectivity index (χ2n) is 8.35. The zero-order chi connectivity index (χ0) is 20.6. The summed E-state index contributed by atoms with van der Waals surface area (Å²) in [5.41, 5.74) is 7.20. The van der Waals surface area contributed by atoms with E-state index in [9.17, 15) is 4.39 Å². The number of hydrogen-bond acceptors (Lipinski definition) is 5. The Morgan fingerprint density at radius 1 is 1.28 bits per heavy atom. The number of hydrogen-bond donors (Lipinski definition) is 1. The van der Waals surface area contributed by atoms with Crippen LogP contribution < -0.4 is 10.5 Å². The summed E-state index contributed by atoms with van der Waals surface area (Å²) in [5.74, 6) is 1.41. The Balaban J connectivity index is 1.79. The van der Waals surface area contributed by atoms with Gasteiger partial charge in [-0.1, -0.05) is 24.3 Å². The van der Waals surface area contributed by atoms with Crippen molar-refractivity contribution >= 4 is 11.0 Å². The van der Waals surface area contributed by atoms with Gasteiger partial charge >= 0.3 is 0 Å². The van der Waals surface area contributed by atoms with Gasteiger partial charge in [-0.2, -0.15) is 0 Å². The maximum atomic E-state index is 14.7. The van der Waals surface area contributed by atoms with Gasteiger partial charge in [0.25, 0.3) is 0 Å². The van der Waals surface area contributed by atoms with Gasteiger partial charge < -0.3 is 14.9 Å². The largest absolute Gasteiger partial charge is 0.476 e. The van der Waals surface area contributed by atoms with Crippen molar-refractivity contribution in [2.45, 2.75) is 44.9 Å². The fourth-order valence-corrected chi connectivity index (χ4v) is 4.19. The second-order valence-corrected chi connectivity index (χ2v) is 8.35. The molecule has 0 spiro atoms. The van der Waals surface area contributed by atoms with Crippen LogP contribution in [0.15, 0.2) is 47.0 Å². The van der Waals surface area contributed by atoms with Crippen LogP contribution in [-0.2, 0) is 6.42 Å². The normalized spacial score (nSPS) is 20.0. The van der Waals surface area contributed by atoms with Gasteiger partial charge in [0.05, 0.1) is 6.04 Å². The molecule has 2 atom stereocenters. The molecule has 3 heterocycles. The second kappa shape index (κ2) is 7.76. The van der Waals surface area contributed by atoms with Gasteiger partial charge in [0, 0.05) is 42.3 Å². The Hall–Kier alpha value is -2.44. The highest BCUT2D eigenvalue weighted by atomic mass is 19.1. The Morgan fingerprint density at radius 2 is 2.07 bits per heavy atom. The molecule has 0 saturated carbocycles. The third-order valence-corrected chi connectivity index (χ3v) is 5.38. The molecule has 6 heteroatoms. The van der Waals surface area contributed by atoms with Crippen LogP contribution in [0, 0.1) is 0 Å². The van der Waals surface area contributed by atoms with E-state index < -0.39 is 5.67 Å². The van der Waals surface area contributed by atoms with Gasteiger partial charge in [-0.05, 0) is 38.8 Å². The fourth-order valence-electron chi connectivity index (χ4n) is 4.19. The van der Waals surface area contributed by atoms with Gasteiger partial charge in [0.1, 0.15) is 23.6 Å². The summed E-state index contributed by atoms with van der Waals surface area (Å²) < 4.78 is 26.5. The highest BCUT2D eigenvalue weighted by molar-refractivity contribution is 5.83. The van der Waals surface area contributed by atoms with Crippen molar-refractivity contribution in [3.05, 3.63) is 59.5 Å². The highest BCUT2D eigenvalue weighted by Crippen LogP contribution is 2.43. The summed E-state index contributed by atoms with van der Waals surface area (Å²) in [7, 11) is 0. The van der Waals surface area contributed by atoms with Crippen molar-refractivity contribution in [1.82, 2.24) is 9.88 Å². The highest BCUT2D eigenvalue weighted by Gasteiger charge is 2.40. The third-order valence-electron chi connectivity index (χ3n) is 5.38. The molecule has 4 rings (SSSR count). The number of aromatic nitrogens is 1. The number of nitrogens with two attached hydrogens (primary N) is 1. The standard InChI is InChI=1S/C23H28FN3O2/c1-15-12-18-17-6-4-5-7-19(17)29-22(18)21(27(15)14-23(2,3)24)16-8-9-20(26-13-16)28-11-10-25/h4-9,13,15,21H,10-12,14,25H2,1-3H3. The molecule has 0 radical (unpaired) electrons. The average molecular weight is 397 g/mol. The predicted molar refractivity (Wildman–Crippen MR) is 112 cm³/mol. The van der Waals surface area contributed by atoms with Gasteiger partial charge in [-0.25, -0.2) is 9.37 Å². The molecule has 3 aromatic rings. The van der Waals surface area contributed by atoms with Crippen molar-refractivity contribution in [3.8, 4) is 5.88 Å². The Bertz CT molecular complexity index is 978. The van der Waals surface area contributed by atoms with Crippen molar-refractivity contribution in [2.24, 2.45) is 5.73 Å². The molecule has 0 fully saturated rings. The molecule has 0 amide bonds. The third kappa shape index (κ3) is 4.00. The van der Waals surface area contributed by atoms with Crippen LogP contribution in [0.1, 0.15) is 43.7 Å². The van der Waals surface area contributed by atoms with E-state index in [1.165, 1.54) is 5.56 Å². The number of alkyl halides is 1. The van der Waals surface area contributed by atoms with Crippen LogP contribution >= 0.6 is 0 Å². The maximum Gasteiger partial charge on any atom is 0.213 e. The Kier molecular flexibility index (Phi) is 5.32. The van der Waals surface area contributed by atoms with E-state index in [4.69, 9.17) is 14.9 Å². The summed E-state index contributed by atoms with van der Waals surface area (Å²) in [6.07, 6.45) is 2.62. The van der Waals surface area contributed by atoms with Crippen LogP contribution in [0.4, 0.5) is 4.39 Å². The first-order valence-electron chi connectivity index (χ1n) is 10.1. The molecule has 5 nitrogen and oxygen atoms in total. The number of pyridine rings is 1. The summed E-state index contributed by atoms with van der Waals surface area (Å²) in [6, 6.07) is 11.9. The van der Waals surface area contributed by atoms with Gasteiger partial charge in [0.15, 0.2) is 0 Å². The predicted octanol–water partition coefficient (Wildman–Crippen LogP) is 4.25. The molecule has 2 N–H and O–H groups in total. The fraction of sp³-hybridized carbons (Fsp3) is 0.435. The van der Waals surface area contributed by atoms with Gasteiger partial charge in [0.2, 0.25) is 5.88 Å². The van der Waals surface area contributed by atoms with E-state index >= 15 is 0 Å². The van der Waals surface area contributed by atoms with Gasteiger partial charge in [-0.3, -0.25) is 4.90 Å². The summed E-state index contributed by atoms with van der Waals surface area (Å²) in [4.78, 5) is 6.62. The number of fused-ring (bicyclic) bond motifs is 3. The number of para-hydroxylation sites is 1. The lowest BCUT2D eigenvalue weighted by Crippen LogP contribution is -2.47. The molecule has 1 aromatic carbocycles. The van der Waals surface area contributed by atoms with Crippen molar-refractivity contribution < 1.29 is 13.5 Å². The molecule has 2 unspecified atom stereocenters. The number of furan rings is 1. The molecule has 154 valence electrons. The first kappa shape index (κ1) is 19.9. The number of ether oxygens (including phenoxy) is 1. The molecular weight excluding hydrogens is 369 g/mol. The zero-order valence-corrected chi connectivity index (χ0v) is 17.2. The molecular formula is C23H28FN3O2. The maximum absolute atomic E-state index is 14.7. The van der Waals surface area contributed by atoms with E-state index in [0.29, 0.717) is 25.6 Å². The number of benzene rings is 1. The molecule has 0 saturated heterocycles. The molecule has 2 aromatic heterocycles. The first-order valence-corrected chi connectivity index (χ1v) is 10.1. The summed E-state index contributed by atoms with van der Waals surface area (Å²) in [6.45, 7) is 6.55. The van der Waals surface area contributed by atoms with E-state index in [1.807, 2.05) is 30.3 Å². The minimum atomic E-state index is -1.33. The Morgan fingerprint density at radius 3 is 2.76 bits per heavy atom. The van der Waals surface area contributed by atoms with E-state index in [1.54, 1.807) is 20.0 Å². The lowest BCUT2D eigenvalue weighted by atomic mass is 9.88. The SMILES string of the molecule is CC1Cc2c(oc3ccccc23)C(c2ccc(OCCN)nc2)N1CC(C)(C)F. The van der Waals surface area contributed by atoms with Crippen LogP contribution in [0.5, 0.6) is 5.88 Å². The van der Waals surface area contributed by atoms with Crippen LogP contribution in [0.3, 0.4) is 0 Å². The average Bonchev–Trinajstić information content (AvgIpc) is 3.04. The topological polar surface area (TPSA) is 64.5 Å². The monoisotopic (exact) mass is 397 g/mol. The zero-order valence-electron chi connectivity index (χ0n) is 17.2. The summed E-state index contributed by atoms with van der Waals surface area (Å²) in [5, 5.41) is 1.13. The molecule has 1 aliphatic rings. The van der Waals surface area contributed by atoms with Gasteiger partial charge in [-0.15, -0.1) is 0 Å². The van der Waals surface area contributed by atoms with Crippen molar-refractivity contribution in [2.75, 3.05) is 19.7 Å². The lowest BCUT2D eigenvalue weighted by Gasteiger charge is -2.41. The quantitative estimate of drug-likeness (QED) is 0.674.